The number of sulfone groups is 1. The SMILES string of the molecule is CCOc1ccc(Nc2ncnc3ccc(S(C)(=O)=O)cc23)cc1. The van der Waals surface area contributed by atoms with E-state index >= 15 is 0 Å². The molecule has 124 valence electrons. The summed E-state index contributed by atoms with van der Waals surface area (Å²) in [5, 5.41) is 3.84. The maximum atomic E-state index is 11.8. The van der Waals surface area contributed by atoms with E-state index in [0.717, 1.165) is 11.4 Å². The van der Waals surface area contributed by atoms with E-state index in [-0.39, 0.29) is 4.90 Å². The summed E-state index contributed by atoms with van der Waals surface area (Å²) in [6.07, 6.45) is 2.62. The number of rotatable bonds is 5. The Morgan fingerprint density at radius 2 is 1.83 bits per heavy atom. The van der Waals surface area contributed by atoms with E-state index in [1.165, 1.54) is 12.6 Å². The van der Waals surface area contributed by atoms with Crippen LogP contribution in [0.25, 0.3) is 10.9 Å². The minimum Gasteiger partial charge on any atom is -0.494 e. The van der Waals surface area contributed by atoms with Crippen LogP contribution in [0.15, 0.2) is 53.7 Å². The van der Waals surface area contributed by atoms with Gasteiger partial charge in [0.2, 0.25) is 0 Å². The molecular weight excluding hydrogens is 326 g/mol. The van der Waals surface area contributed by atoms with Crippen molar-refractivity contribution in [1.82, 2.24) is 9.97 Å². The molecule has 6 nitrogen and oxygen atoms in total. The average molecular weight is 343 g/mol. The number of hydrogen-bond donors (Lipinski definition) is 1. The normalized spacial score (nSPS) is 11.4. The monoisotopic (exact) mass is 343 g/mol. The zero-order valence-electron chi connectivity index (χ0n) is 13.4. The molecule has 7 heteroatoms. The first-order valence-corrected chi connectivity index (χ1v) is 9.31. The minimum absolute atomic E-state index is 0.236. The van der Waals surface area contributed by atoms with Gasteiger partial charge in [-0.2, -0.15) is 0 Å². The third-order valence-corrected chi connectivity index (χ3v) is 4.57. The van der Waals surface area contributed by atoms with Crippen molar-refractivity contribution in [2.45, 2.75) is 11.8 Å². The number of fused-ring (bicyclic) bond motifs is 1. The molecule has 1 N–H and O–H groups in total. The molecule has 0 amide bonds. The number of ether oxygens (including phenoxy) is 1. The molecule has 3 rings (SSSR count). The van der Waals surface area contributed by atoms with E-state index in [0.29, 0.717) is 23.3 Å². The van der Waals surface area contributed by atoms with Gasteiger partial charge in [0.15, 0.2) is 9.84 Å². The van der Waals surface area contributed by atoms with Gasteiger partial charge >= 0.3 is 0 Å². The van der Waals surface area contributed by atoms with Gasteiger partial charge in [0.05, 0.1) is 17.0 Å². The van der Waals surface area contributed by atoms with E-state index in [2.05, 4.69) is 15.3 Å². The molecule has 1 heterocycles. The van der Waals surface area contributed by atoms with Crippen LogP contribution in [-0.4, -0.2) is 31.2 Å². The topological polar surface area (TPSA) is 81.2 Å². The third-order valence-electron chi connectivity index (χ3n) is 3.46. The van der Waals surface area contributed by atoms with Gasteiger partial charge in [-0.25, -0.2) is 18.4 Å². The summed E-state index contributed by atoms with van der Waals surface area (Å²) in [5.74, 6) is 1.34. The lowest BCUT2D eigenvalue weighted by atomic mass is 10.2. The summed E-state index contributed by atoms with van der Waals surface area (Å²) in [5.41, 5.74) is 1.49. The van der Waals surface area contributed by atoms with Crippen molar-refractivity contribution >= 4 is 32.2 Å². The van der Waals surface area contributed by atoms with Crippen LogP contribution < -0.4 is 10.1 Å². The van der Waals surface area contributed by atoms with Crippen LogP contribution in [0.4, 0.5) is 11.5 Å². The molecule has 24 heavy (non-hydrogen) atoms. The zero-order chi connectivity index (χ0) is 17.2. The number of nitrogens with one attached hydrogen (secondary N) is 1. The van der Waals surface area contributed by atoms with Crippen molar-refractivity contribution in [3.8, 4) is 5.75 Å². The van der Waals surface area contributed by atoms with Crippen LogP contribution in [0.1, 0.15) is 6.92 Å². The molecule has 0 bridgehead atoms. The molecule has 0 unspecified atom stereocenters. The highest BCUT2D eigenvalue weighted by Gasteiger charge is 2.11. The summed E-state index contributed by atoms with van der Waals surface area (Å²) in [6, 6.07) is 12.3. The first-order chi connectivity index (χ1) is 11.5. The Hall–Kier alpha value is -2.67. The zero-order valence-corrected chi connectivity index (χ0v) is 14.2. The number of aromatic nitrogens is 2. The second kappa shape index (κ2) is 6.45. The predicted octanol–water partition coefficient (Wildman–Crippen LogP) is 3.18. The Balaban J connectivity index is 1.99. The Bertz CT molecular complexity index is 970. The average Bonchev–Trinajstić information content (AvgIpc) is 2.56. The van der Waals surface area contributed by atoms with Gasteiger partial charge in [-0.1, -0.05) is 0 Å². The second-order valence-corrected chi connectivity index (χ2v) is 7.27. The van der Waals surface area contributed by atoms with Gasteiger partial charge in [0.25, 0.3) is 0 Å². The third kappa shape index (κ3) is 3.46. The predicted molar refractivity (Wildman–Crippen MR) is 93.5 cm³/mol. The first kappa shape index (κ1) is 16.2. The van der Waals surface area contributed by atoms with E-state index in [1.54, 1.807) is 18.2 Å². The van der Waals surface area contributed by atoms with Crippen molar-refractivity contribution in [2.24, 2.45) is 0 Å². The molecule has 0 spiro atoms. The van der Waals surface area contributed by atoms with Crippen LogP contribution in [0.5, 0.6) is 5.75 Å². The fraction of sp³-hybridized carbons (Fsp3) is 0.176. The quantitative estimate of drug-likeness (QED) is 0.766. The maximum absolute atomic E-state index is 11.8. The van der Waals surface area contributed by atoms with Gasteiger partial charge in [0, 0.05) is 17.3 Å². The first-order valence-electron chi connectivity index (χ1n) is 7.42. The largest absolute Gasteiger partial charge is 0.494 e. The molecule has 0 aliphatic carbocycles. The van der Waals surface area contributed by atoms with Gasteiger partial charge in [-0.3, -0.25) is 0 Å². The van der Waals surface area contributed by atoms with Gasteiger partial charge < -0.3 is 10.1 Å². The lowest BCUT2D eigenvalue weighted by Gasteiger charge is -2.10. The minimum atomic E-state index is -3.30. The van der Waals surface area contributed by atoms with E-state index < -0.39 is 9.84 Å². The van der Waals surface area contributed by atoms with Crippen molar-refractivity contribution < 1.29 is 13.2 Å². The summed E-state index contributed by atoms with van der Waals surface area (Å²) in [6.45, 7) is 2.54. The fourth-order valence-corrected chi connectivity index (χ4v) is 2.95. The summed E-state index contributed by atoms with van der Waals surface area (Å²) in [4.78, 5) is 8.65. The molecule has 0 radical (unpaired) electrons. The van der Waals surface area contributed by atoms with Gasteiger partial charge in [-0.05, 0) is 49.4 Å². The summed E-state index contributed by atoms with van der Waals surface area (Å²) in [7, 11) is -3.30. The Labute approximate surface area is 140 Å². The molecular formula is C17H17N3O3S. The highest BCUT2D eigenvalue weighted by molar-refractivity contribution is 7.90. The van der Waals surface area contributed by atoms with E-state index in [9.17, 15) is 8.42 Å². The highest BCUT2D eigenvalue weighted by Crippen LogP contribution is 2.26. The van der Waals surface area contributed by atoms with Crippen molar-refractivity contribution in [3.05, 3.63) is 48.8 Å². The number of nitrogens with zero attached hydrogens (tertiary/aromatic N) is 2. The van der Waals surface area contributed by atoms with E-state index in [4.69, 9.17) is 4.74 Å². The van der Waals surface area contributed by atoms with Crippen molar-refractivity contribution in [3.63, 3.8) is 0 Å². The molecule has 0 aliphatic heterocycles. The Morgan fingerprint density at radius 3 is 2.50 bits per heavy atom. The summed E-state index contributed by atoms with van der Waals surface area (Å²) >= 11 is 0. The molecule has 2 aromatic carbocycles. The molecule has 0 saturated heterocycles. The molecule has 1 aromatic heterocycles. The van der Waals surface area contributed by atoms with Crippen LogP contribution in [0.2, 0.25) is 0 Å². The van der Waals surface area contributed by atoms with Crippen LogP contribution in [0, 0.1) is 0 Å². The van der Waals surface area contributed by atoms with Crippen LogP contribution in [-0.2, 0) is 9.84 Å². The van der Waals surface area contributed by atoms with Crippen LogP contribution in [0.3, 0.4) is 0 Å². The molecule has 0 atom stereocenters. The molecule has 0 fully saturated rings. The van der Waals surface area contributed by atoms with E-state index in [1.807, 2.05) is 31.2 Å². The standard InChI is InChI=1S/C17H17N3O3S/c1-3-23-13-6-4-12(5-7-13)20-17-15-10-14(24(2,21)22)8-9-16(15)18-11-19-17/h4-11H,3H2,1-2H3,(H,18,19,20). The lowest BCUT2D eigenvalue weighted by Crippen LogP contribution is -2.00. The Morgan fingerprint density at radius 1 is 1.08 bits per heavy atom. The number of benzene rings is 2. The van der Waals surface area contributed by atoms with Gasteiger partial charge in [0.1, 0.15) is 17.9 Å². The summed E-state index contributed by atoms with van der Waals surface area (Å²) < 4.78 is 29.0. The molecule has 3 aromatic rings. The van der Waals surface area contributed by atoms with Crippen LogP contribution >= 0.6 is 0 Å². The fourth-order valence-electron chi connectivity index (χ4n) is 2.30. The Kier molecular flexibility index (Phi) is 4.35. The van der Waals surface area contributed by atoms with Crippen molar-refractivity contribution in [2.75, 3.05) is 18.2 Å². The highest BCUT2D eigenvalue weighted by atomic mass is 32.2. The molecule has 0 aliphatic rings. The van der Waals surface area contributed by atoms with Gasteiger partial charge in [-0.15, -0.1) is 0 Å². The smallest absolute Gasteiger partial charge is 0.175 e. The lowest BCUT2D eigenvalue weighted by molar-refractivity contribution is 0.340. The number of anilines is 2. The van der Waals surface area contributed by atoms with Crippen molar-refractivity contribution in [1.29, 1.82) is 0 Å². The second-order valence-electron chi connectivity index (χ2n) is 5.26. The molecule has 0 saturated carbocycles. The maximum Gasteiger partial charge on any atom is 0.175 e. The number of hydrogen-bond acceptors (Lipinski definition) is 6.